The molecule has 0 fully saturated rings. The molecule has 0 amide bonds. The van der Waals surface area contributed by atoms with Crippen LogP contribution < -0.4 is 10.1 Å². The van der Waals surface area contributed by atoms with Gasteiger partial charge < -0.3 is 14.5 Å². The van der Waals surface area contributed by atoms with E-state index in [2.05, 4.69) is 25.8 Å². The van der Waals surface area contributed by atoms with Crippen LogP contribution in [0.15, 0.2) is 53.0 Å². The number of hydrogen-bond donors (Lipinski definition) is 1. The zero-order valence-corrected chi connectivity index (χ0v) is 15.4. The summed E-state index contributed by atoms with van der Waals surface area (Å²) in [5.41, 5.74) is 3.51. The zero-order valence-electron chi connectivity index (χ0n) is 14.6. The summed E-state index contributed by atoms with van der Waals surface area (Å²) < 4.78 is 13.8. The van der Waals surface area contributed by atoms with Gasteiger partial charge in [-0.2, -0.15) is 0 Å². The van der Waals surface area contributed by atoms with E-state index in [0.717, 1.165) is 37.9 Å². The molecule has 5 rings (SSSR count). The molecular weight excluding hydrogens is 362 g/mol. The van der Waals surface area contributed by atoms with Gasteiger partial charge in [0.25, 0.3) is 0 Å². The number of aromatic nitrogens is 4. The lowest BCUT2D eigenvalue weighted by molar-refractivity contribution is 0.393. The van der Waals surface area contributed by atoms with Crippen molar-refractivity contribution in [3.8, 4) is 17.0 Å². The van der Waals surface area contributed by atoms with Gasteiger partial charge in [-0.3, -0.25) is 9.67 Å². The molecular formula is C19H15N5O2S. The van der Waals surface area contributed by atoms with E-state index in [1.54, 1.807) is 35.6 Å². The fraction of sp³-hybridized carbons (Fsp3) is 0.105. The third kappa shape index (κ3) is 2.53. The molecule has 0 spiro atoms. The summed E-state index contributed by atoms with van der Waals surface area (Å²) in [4.78, 5) is 8.84. The number of furan rings is 1. The molecule has 0 aliphatic heterocycles. The normalized spacial score (nSPS) is 11.3. The fourth-order valence-corrected chi connectivity index (χ4v) is 4.08. The standard InChI is InChI=1S/C19H15N5O2S/c1-24-9-13(19(23-24)25-2)12-7-20-8-15-16(12)14(10-27-15)22-18-17-11(3-5-21-18)4-6-26-17/h3-10H,1-2H3,(H,21,22). The van der Waals surface area contributed by atoms with Crippen molar-refractivity contribution in [3.05, 3.63) is 48.6 Å². The van der Waals surface area contributed by atoms with Crippen molar-refractivity contribution in [1.82, 2.24) is 19.7 Å². The smallest absolute Gasteiger partial charge is 0.240 e. The van der Waals surface area contributed by atoms with Crippen molar-refractivity contribution in [1.29, 1.82) is 0 Å². The number of aryl methyl sites for hydroxylation is 1. The first kappa shape index (κ1) is 15.8. The molecule has 5 aromatic rings. The third-order valence-corrected chi connectivity index (χ3v) is 5.30. The van der Waals surface area contributed by atoms with E-state index >= 15 is 0 Å². The lowest BCUT2D eigenvalue weighted by Crippen LogP contribution is -1.94. The van der Waals surface area contributed by atoms with Crippen LogP contribution >= 0.6 is 11.3 Å². The van der Waals surface area contributed by atoms with Gasteiger partial charge in [0.05, 0.1) is 29.3 Å². The first-order valence-electron chi connectivity index (χ1n) is 8.27. The highest BCUT2D eigenvalue weighted by molar-refractivity contribution is 7.17. The molecule has 5 aromatic heterocycles. The molecule has 0 unspecified atom stereocenters. The van der Waals surface area contributed by atoms with Gasteiger partial charge in [0.2, 0.25) is 5.88 Å². The zero-order chi connectivity index (χ0) is 18.4. The van der Waals surface area contributed by atoms with Crippen LogP contribution in [0.1, 0.15) is 0 Å². The molecule has 7 nitrogen and oxygen atoms in total. The number of ether oxygens (including phenoxy) is 1. The van der Waals surface area contributed by atoms with Crippen LogP contribution in [0.5, 0.6) is 5.88 Å². The molecule has 8 heteroatoms. The van der Waals surface area contributed by atoms with E-state index in [9.17, 15) is 0 Å². The first-order chi connectivity index (χ1) is 13.2. The van der Waals surface area contributed by atoms with Crippen molar-refractivity contribution in [2.24, 2.45) is 7.05 Å². The molecule has 0 saturated heterocycles. The van der Waals surface area contributed by atoms with E-state index in [-0.39, 0.29) is 0 Å². The summed E-state index contributed by atoms with van der Waals surface area (Å²) in [6, 6.07) is 3.84. The maximum atomic E-state index is 5.60. The lowest BCUT2D eigenvalue weighted by Gasteiger charge is -2.08. The predicted octanol–water partition coefficient (Wildman–Crippen LogP) is 4.59. The fourth-order valence-electron chi connectivity index (χ4n) is 3.20. The van der Waals surface area contributed by atoms with Gasteiger partial charge in [-0.15, -0.1) is 16.4 Å². The number of nitrogens with zero attached hydrogens (tertiary/aromatic N) is 4. The maximum Gasteiger partial charge on any atom is 0.240 e. The minimum absolute atomic E-state index is 0.565. The highest BCUT2D eigenvalue weighted by atomic mass is 32.1. The number of anilines is 2. The molecule has 0 atom stereocenters. The van der Waals surface area contributed by atoms with Crippen molar-refractivity contribution >= 4 is 43.9 Å². The molecule has 0 aliphatic carbocycles. The van der Waals surface area contributed by atoms with Crippen molar-refractivity contribution in [3.63, 3.8) is 0 Å². The maximum absolute atomic E-state index is 5.60. The average molecular weight is 377 g/mol. The van der Waals surface area contributed by atoms with Gasteiger partial charge in [0, 0.05) is 53.6 Å². The van der Waals surface area contributed by atoms with Gasteiger partial charge >= 0.3 is 0 Å². The van der Waals surface area contributed by atoms with Crippen molar-refractivity contribution in [2.75, 3.05) is 12.4 Å². The molecule has 0 aliphatic rings. The summed E-state index contributed by atoms with van der Waals surface area (Å²) >= 11 is 1.62. The molecule has 134 valence electrons. The average Bonchev–Trinajstić information content (AvgIpc) is 3.40. The highest BCUT2D eigenvalue weighted by Crippen LogP contribution is 2.41. The second-order valence-corrected chi connectivity index (χ2v) is 6.97. The Kier molecular flexibility index (Phi) is 3.58. The number of nitrogens with one attached hydrogen (secondary N) is 1. The van der Waals surface area contributed by atoms with Gasteiger partial charge in [-0.25, -0.2) is 4.98 Å². The van der Waals surface area contributed by atoms with Crippen LogP contribution in [0.4, 0.5) is 11.5 Å². The van der Waals surface area contributed by atoms with Crippen LogP contribution in [0.3, 0.4) is 0 Å². The monoisotopic (exact) mass is 377 g/mol. The van der Waals surface area contributed by atoms with E-state index in [4.69, 9.17) is 9.15 Å². The van der Waals surface area contributed by atoms with Crippen LogP contribution in [0.25, 0.3) is 32.2 Å². The molecule has 1 N–H and O–H groups in total. The van der Waals surface area contributed by atoms with E-state index in [0.29, 0.717) is 11.7 Å². The summed E-state index contributed by atoms with van der Waals surface area (Å²) in [7, 11) is 3.49. The minimum Gasteiger partial charge on any atom is -0.479 e. The topological polar surface area (TPSA) is 78.0 Å². The Bertz CT molecular complexity index is 1270. The molecule has 0 radical (unpaired) electrons. The number of thiophene rings is 1. The van der Waals surface area contributed by atoms with Crippen LogP contribution in [0.2, 0.25) is 0 Å². The SMILES string of the molecule is COc1nn(C)cc1-c1cncc2scc(Nc3nccc4ccoc34)c12. The molecule has 27 heavy (non-hydrogen) atoms. The van der Waals surface area contributed by atoms with Gasteiger partial charge in [0.1, 0.15) is 0 Å². The van der Waals surface area contributed by atoms with Crippen molar-refractivity contribution < 1.29 is 9.15 Å². The second-order valence-electron chi connectivity index (χ2n) is 6.06. The first-order valence-corrected chi connectivity index (χ1v) is 9.15. The Morgan fingerprint density at radius 3 is 3.04 bits per heavy atom. The minimum atomic E-state index is 0.565. The Morgan fingerprint density at radius 1 is 1.22 bits per heavy atom. The summed E-state index contributed by atoms with van der Waals surface area (Å²) in [6.07, 6.45) is 9.06. The number of rotatable bonds is 4. The number of hydrogen-bond acceptors (Lipinski definition) is 7. The number of pyridine rings is 2. The van der Waals surface area contributed by atoms with Crippen LogP contribution in [-0.2, 0) is 7.05 Å². The van der Waals surface area contributed by atoms with Gasteiger partial charge in [-0.05, 0) is 12.1 Å². The number of fused-ring (bicyclic) bond motifs is 2. The Hall–Kier alpha value is -3.39. The third-order valence-electron chi connectivity index (χ3n) is 4.38. The summed E-state index contributed by atoms with van der Waals surface area (Å²) in [5.74, 6) is 1.24. The molecule has 0 aromatic carbocycles. The van der Waals surface area contributed by atoms with Crippen molar-refractivity contribution in [2.45, 2.75) is 0 Å². The van der Waals surface area contributed by atoms with E-state index in [1.165, 1.54) is 0 Å². The highest BCUT2D eigenvalue weighted by Gasteiger charge is 2.18. The van der Waals surface area contributed by atoms with Crippen LogP contribution in [0, 0.1) is 0 Å². The second kappa shape index (κ2) is 6.10. The molecule has 0 saturated carbocycles. The summed E-state index contributed by atoms with van der Waals surface area (Å²) in [5, 5.41) is 11.9. The van der Waals surface area contributed by atoms with Gasteiger partial charge in [0.15, 0.2) is 11.4 Å². The van der Waals surface area contributed by atoms with Gasteiger partial charge in [-0.1, -0.05) is 0 Å². The Morgan fingerprint density at radius 2 is 2.15 bits per heavy atom. The molecule has 0 bridgehead atoms. The lowest BCUT2D eigenvalue weighted by atomic mass is 10.1. The Balaban J connectivity index is 1.69. The number of methoxy groups -OCH3 is 1. The summed E-state index contributed by atoms with van der Waals surface area (Å²) in [6.45, 7) is 0. The van der Waals surface area contributed by atoms with E-state index < -0.39 is 0 Å². The quantitative estimate of drug-likeness (QED) is 0.493. The predicted molar refractivity (Wildman–Crippen MR) is 106 cm³/mol. The van der Waals surface area contributed by atoms with E-state index in [1.807, 2.05) is 37.8 Å². The molecule has 5 heterocycles. The van der Waals surface area contributed by atoms with Crippen LogP contribution in [-0.4, -0.2) is 26.9 Å². The largest absolute Gasteiger partial charge is 0.479 e. The Labute approximate surface area is 158 Å².